The highest BCUT2D eigenvalue weighted by molar-refractivity contribution is 5.86. The van der Waals surface area contributed by atoms with E-state index < -0.39 is 0 Å². The third-order valence-corrected chi connectivity index (χ3v) is 6.97. The molecule has 0 spiro atoms. The lowest BCUT2D eigenvalue weighted by atomic mass is 10.0. The maximum absolute atomic E-state index is 10.2. The second-order valence-electron chi connectivity index (χ2n) is 9.67. The summed E-state index contributed by atoms with van der Waals surface area (Å²) in [4.78, 5) is 4.53. The van der Waals surface area contributed by atoms with E-state index in [0.717, 1.165) is 56.4 Å². The van der Waals surface area contributed by atoms with Gasteiger partial charge in [-0.25, -0.2) is 0 Å². The van der Waals surface area contributed by atoms with Gasteiger partial charge in [-0.1, -0.05) is 72.8 Å². The molecule has 0 unspecified atom stereocenters. The van der Waals surface area contributed by atoms with Crippen LogP contribution >= 0.6 is 0 Å². The van der Waals surface area contributed by atoms with Gasteiger partial charge >= 0.3 is 0 Å². The van der Waals surface area contributed by atoms with Crippen LogP contribution in [0.25, 0.3) is 0 Å². The smallest absolute Gasteiger partial charge is 0.0993 e. The molecular formula is C35H31N3. The summed E-state index contributed by atoms with van der Waals surface area (Å²) in [5.41, 5.74) is 11.5. The van der Waals surface area contributed by atoms with E-state index in [1.54, 1.807) is 0 Å². The first kappa shape index (κ1) is 24.9. The molecule has 0 aliphatic heterocycles. The second kappa shape index (κ2) is 10.7. The molecule has 0 bridgehead atoms. The van der Waals surface area contributed by atoms with Gasteiger partial charge in [-0.15, -0.1) is 0 Å². The lowest BCUT2D eigenvalue weighted by Crippen LogP contribution is -2.16. The first-order valence-corrected chi connectivity index (χ1v) is 12.9. The van der Waals surface area contributed by atoms with Crippen molar-refractivity contribution >= 4 is 34.1 Å². The SMILES string of the molecule is Cc1ccccc1N(c1cc(C#N)cc(N(c2ccccc2C)c2ccccc2C)c1)c1ccccc1C. The fraction of sp³-hybridized carbons (Fsp3) is 0.114. The molecule has 0 heterocycles. The van der Waals surface area contributed by atoms with Crippen molar-refractivity contribution in [1.29, 1.82) is 5.26 Å². The van der Waals surface area contributed by atoms with Gasteiger partial charge in [-0.05, 0) is 92.4 Å². The van der Waals surface area contributed by atoms with Crippen molar-refractivity contribution < 1.29 is 0 Å². The van der Waals surface area contributed by atoms with Crippen molar-refractivity contribution in [3.63, 3.8) is 0 Å². The zero-order valence-electron chi connectivity index (χ0n) is 22.3. The molecule has 38 heavy (non-hydrogen) atoms. The number of aryl methyl sites for hydroxylation is 4. The zero-order valence-corrected chi connectivity index (χ0v) is 22.3. The molecule has 0 fully saturated rings. The predicted octanol–water partition coefficient (Wildman–Crippen LogP) is 9.73. The van der Waals surface area contributed by atoms with Gasteiger partial charge in [0.15, 0.2) is 0 Å². The Balaban J connectivity index is 1.80. The maximum Gasteiger partial charge on any atom is 0.0993 e. The highest BCUT2D eigenvalue weighted by atomic mass is 15.2. The molecule has 0 saturated carbocycles. The fourth-order valence-corrected chi connectivity index (χ4v) is 4.99. The van der Waals surface area contributed by atoms with Crippen molar-refractivity contribution in [1.82, 2.24) is 0 Å². The van der Waals surface area contributed by atoms with Crippen LogP contribution in [0.4, 0.5) is 34.1 Å². The van der Waals surface area contributed by atoms with Gasteiger partial charge in [0.2, 0.25) is 0 Å². The summed E-state index contributed by atoms with van der Waals surface area (Å²) in [7, 11) is 0. The van der Waals surface area contributed by atoms with Crippen LogP contribution in [0.2, 0.25) is 0 Å². The number of nitrogens with zero attached hydrogens (tertiary/aromatic N) is 3. The van der Waals surface area contributed by atoms with Gasteiger partial charge in [0.1, 0.15) is 0 Å². The van der Waals surface area contributed by atoms with Gasteiger partial charge in [-0.2, -0.15) is 5.26 Å². The average molecular weight is 494 g/mol. The topological polar surface area (TPSA) is 30.3 Å². The molecule has 3 heteroatoms. The molecule has 3 nitrogen and oxygen atoms in total. The first-order valence-electron chi connectivity index (χ1n) is 12.9. The summed E-state index contributed by atoms with van der Waals surface area (Å²) < 4.78 is 0. The molecule has 0 N–H and O–H groups in total. The van der Waals surface area contributed by atoms with E-state index in [1.165, 1.54) is 0 Å². The largest absolute Gasteiger partial charge is 0.310 e. The average Bonchev–Trinajstić information content (AvgIpc) is 2.93. The number of anilines is 6. The van der Waals surface area contributed by atoms with E-state index in [-0.39, 0.29) is 0 Å². The Morgan fingerprint density at radius 2 is 0.737 bits per heavy atom. The highest BCUT2D eigenvalue weighted by Crippen LogP contribution is 2.43. The monoisotopic (exact) mass is 493 g/mol. The van der Waals surface area contributed by atoms with E-state index >= 15 is 0 Å². The molecule has 5 aromatic carbocycles. The molecule has 0 saturated heterocycles. The molecule has 0 radical (unpaired) electrons. The summed E-state index contributed by atoms with van der Waals surface area (Å²) in [6.45, 7) is 8.51. The fourth-order valence-electron chi connectivity index (χ4n) is 4.99. The Morgan fingerprint density at radius 1 is 0.447 bits per heavy atom. The lowest BCUT2D eigenvalue weighted by Gasteiger charge is -2.32. The molecular weight excluding hydrogens is 462 g/mol. The number of rotatable bonds is 6. The first-order chi connectivity index (χ1) is 18.5. The van der Waals surface area contributed by atoms with E-state index in [2.05, 4.69) is 147 Å². The third-order valence-electron chi connectivity index (χ3n) is 6.97. The van der Waals surface area contributed by atoms with Crippen LogP contribution in [0.3, 0.4) is 0 Å². The van der Waals surface area contributed by atoms with Crippen LogP contribution in [0.5, 0.6) is 0 Å². The molecule has 0 aromatic heterocycles. The van der Waals surface area contributed by atoms with Crippen LogP contribution in [0.15, 0.2) is 115 Å². The van der Waals surface area contributed by atoms with Crippen LogP contribution in [0, 0.1) is 39.0 Å². The van der Waals surface area contributed by atoms with Crippen LogP contribution in [-0.2, 0) is 0 Å². The number of benzene rings is 5. The number of hydrogen-bond acceptors (Lipinski definition) is 3. The standard InChI is InChI=1S/C35H31N3/c1-25-13-5-9-17-32(25)37(33-18-10-6-14-26(33)2)30-21-29(24-36)22-31(23-30)38(34-19-11-7-15-27(34)3)35-20-12-8-16-28(35)4/h5-23H,1-4H3. The summed E-state index contributed by atoms with van der Waals surface area (Å²) in [5.74, 6) is 0. The van der Waals surface area contributed by atoms with E-state index in [1.807, 2.05) is 12.1 Å². The van der Waals surface area contributed by atoms with Crippen molar-refractivity contribution in [3.05, 3.63) is 143 Å². The third kappa shape index (κ3) is 4.77. The minimum Gasteiger partial charge on any atom is -0.310 e. The van der Waals surface area contributed by atoms with E-state index in [0.29, 0.717) is 5.56 Å². The normalized spacial score (nSPS) is 10.6. The zero-order chi connectivity index (χ0) is 26.6. The molecule has 0 aliphatic rings. The summed E-state index contributed by atoms with van der Waals surface area (Å²) in [5, 5.41) is 10.2. The van der Waals surface area contributed by atoms with Gasteiger partial charge in [0.05, 0.1) is 11.6 Å². The molecule has 0 amide bonds. The maximum atomic E-state index is 10.2. The van der Waals surface area contributed by atoms with E-state index in [9.17, 15) is 5.26 Å². The number of para-hydroxylation sites is 4. The Bertz CT molecular complexity index is 1440. The quantitative estimate of drug-likeness (QED) is 0.236. The van der Waals surface area contributed by atoms with Gasteiger partial charge in [0, 0.05) is 34.1 Å². The van der Waals surface area contributed by atoms with Crippen molar-refractivity contribution in [2.75, 3.05) is 9.80 Å². The van der Waals surface area contributed by atoms with Gasteiger partial charge < -0.3 is 9.80 Å². The van der Waals surface area contributed by atoms with Crippen LogP contribution < -0.4 is 9.80 Å². The minimum absolute atomic E-state index is 0.608. The minimum atomic E-state index is 0.608. The summed E-state index contributed by atoms with van der Waals surface area (Å²) in [6, 6.07) is 42.2. The summed E-state index contributed by atoms with van der Waals surface area (Å²) in [6.07, 6.45) is 0. The van der Waals surface area contributed by atoms with Crippen LogP contribution in [-0.4, -0.2) is 0 Å². The Kier molecular flexibility index (Phi) is 6.98. The Labute approximate surface area is 225 Å². The molecule has 0 aliphatic carbocycles. The lowest BCUT2D eigenvalue weighted by molar-refractivity contribution is 1.20. The number of hydrogen-bond donors (Lipinski definition) is 0. The molecule has 5 aromatic rings. The van der Waals surface area contributed by atoms with Crippen molar-refractivity contribution in [2.45, 2.75) is 27.7 Å². The highest BCUT2D eigenvalue weighted by Gasteiger charge is 2.21. The van der Waals surface area contributed by atoms with Crippen LogP contribution in [0.1, 0.15) is 27.8 Å². The molecule has 0 atom stereocenters. The van der Waals surface area contributed by atoms with Gasteiger partial charge in [-0.3, -0.25) is 0 Å². The van der Waals surface area contributed by atoms with E-state index in [4.69, 9.17) is 0 Å². The second-order valence-corrected chi connectivity index (χ2v) is 9.67. The van der Waals surface area contributed by atoms with Gasteiger partial charge in [0.25, 0.3) is 0 Å². The Morgan fingerprint density at radius 3 is 1.00 bits per heavy atom. The van der Waals surface area contributed by atoms with Crippen molar-refractivity contribution in [3.8, 4) is 6.07 Å². The summed E-state index contributed by atoms with van der Waals surface area (Å²) >= 11 is 0. The molecule has 186 valence electrons. The van der Waals surface area contributed by atoms with Crippen molar-refractivity contribution in [2.24, 2.45) is 0 Å². The number of nitriles is 1. The predicted molar refractivity (Wildman–Crippen MR) is 159 cm³/mol. The molecule has 5 rings (SSSR count). The Hall–Kier alpha value is -4.81.